The maximum absolute atomic E-state index is 12.8. The summed E-state index contributed by atoms with van der Waals surface area (Å²) in [7, 11) is 1.24. The molecule has 0 rings (SSSR count). The second-order valence-electron chi connectivity index (χ2n) is 15.3. The molecule has 0 radical (unpaired) electrons. The molecule has 8 nitrogen and oxygen atoms in total. The fourth-order valence-electron chi connectivity index (χ4n) is 5.81. The molecule has 3 atom stereocenters. The molecule has 0 saturated carbocycles. The first kappa shape index (κ1) is 49.0. The Morgan fingerprint density at radius 1 is 0.680 bits per heavy atom. The van der Waals surface area contributed by atoms with Crippen molar-refractivity contribution in [3.63, 3.8) is 0 Å². The second kappa shape index (κ2) is 33.8. The lowest BCUT2D eigenvalue weighted by Gasteiger charge is -2.29. The number of phosphoric acid groups is 1. The molecule has 0 bridgehead atoms. The Kier molecular flexibility index (Phi) is 33.1. The molecule has 0 aromatic carbocycles. The van der Waals surface area contributed by atoms with Crippen molar-refractivity contribution in [2.45, 2.75) is 193 Å². The van der Waals surface area contributed by atoms with Gasteiger partial charge in [0.15, 0.2) is 0 Å². The number of carbonyl (C=O) groups excluding carboxylic acids is 1. The molecular weight excluding hydrogens is 647 g/mol. The minimum absolute atomic E-state index is 0.00472. The number of nitrogens with one attached hydrogen (secondary N) is 1. The first-order valence-electron chi connectivity index (χ1n) is 20.7. The third kappa shape index (κ3) is 35.4. The number of aliphatic hydroxyl groups is 1. The molecule has 296 valence electrons. The molecule has 0 aliphatic carbocycles. The number of phosphoric ester groups is 1. The van der Waals surface area contributed by atoms with E-state index in [2.05, 4.69) is 31.3 Å². The number of amides is 1. The molecule has 9 heteroatoms. The number of unbranched alkanes of at least 4 members (excludes halogenated alkanes) is 22. The Morgan fingerprint density at radius 3 is 1.62 bits per heavy atom. The summed E-state index contributed by atoms with van der Waals surface area (Å²) in [6.07, 6.45) is 38.0. The van der Waals surface area contributed by atoms with Crippen molar-refractivity contribution in [1.82, 2.24) is 5.32 Å². The number of likely N-dealkylation sites (N-methyl/N-ethyl adjacent to an activating group) is 1. The maximum atomic E-state index is 12.8. The highest BCUT2D eigenvalue weighted by molar-refractivity contribution is 7.45. The highest BCUT2D eigenvalue weighted by Gasteiger charge is 2.23. The van der Waals surface area contributed by atoms with Crippen LogP contribution in [-0.2, 0) is 18.4 Å². The van der Waals surface area contributed by atoms with Gasteiger partial charge >= 0.3 is 0 Å². The Hall–Kier alpha value is -1.02. The standard InChI is InChI=1S/C41H81N2O6P/c1-6-8-10-12-14-16-18-19-20-21-22-23-24-25-27-29-31-33-35-41(45)42-39(38-49-50(46,47)48-37-36-43(3,4)5)40(44)34-32-30-28-26-17-15-13-11-9-7-2/h17,26,32,34,39-40,44H,6-16,18-25,27-31,33,35-38H2,1-5H3,(H-,42,45,46,47)/b26-17+,34-32+/t39-,40+/m0/s1. The van der Waals surface area contributed by atoms with Crippen LogP contribution >= 0.6 is 7.82 Å². The summed E-state index contributed by atoms with van der Waals surface area (Å²) < 4.78 is 23.1. The van der Waals surface area contributed by atoms with E-state index in [4.69, 9.17) is 9.05 Å². The molecule has 1 unspecified atom stereocenters. The largest absolute Gasteiger partial charge is 0.756 e. The summed E-state index contributed by atoms with van der Waals surface area (Å²) in [6, 6.07) is -0.896. The van der Waals surface area contributed by atoms with Gasteiger partial charge in [-0.05, 0) is 32.1 Å². The van der Waals surface area contributed by atoms with E-state index in [1.165, 1.54) is 122 Å². The van der Waals surface area contributed by atoms with Crippen molar-refractivity contribution >= 4 is 13.7 Å². The van der Waals surface area contributed by atoms with E-state index in [1.807, 2.05) is 27.2 Å². The van der Waals surface area contributed by atoms with Gasteiger partial charge in [-0.15, -0.1) is 0 Å². The summed E-state index contributed by atoms with van der Waals surface area (Å²) in [5.74, 6) is -0.208. The highest BCUT2D eigenvalue weighted by Crippen LogP contribution is 2.38. The lowest BCUT2D eigenvalue weighted by Crippen LogP contribution is -2.45. The number of carbonyl (C=O) groups is 1. The van der Waals surface area contributed by atoms with Gasteiger partial charge < -0.3 is 28.8 Å². The minimum Gasteiger partial charge on any atom is -0.756 e. The zero-order chi connectivity index (χ0) is 37.2. The van der Waals surface area contributed by atoms with E-state index in [0.29, 0.717) is 17.4 Å². The molecule has 0 aromatic heterocycles. The number of hydrogen-bond donors (Lipinski definition) is 2. The summed E-state index contributed by atoms with van der Waals surface area (Å²) >= 11 is 0. The lowest BCUT2D eigenvalue weighted by molar-refractivity contribution is -0.870. The van der Waals surface area contributed by atoms with Gasteiger partial charge in [0.2, 0.25) is 5.91 Å². The smallest absolute Gasteiger partial charge is 0.268 e. The zero-order valence-electron chi connectivity index (χ0n) is 33.4. The Balaban J connectivity index is 4.38. The van der Waals surface area contributed by atoms with E-state index in [9.17, 15) is 19.4 Å². The second-order valence-corrected chi connectivity index (χ2v) is 16.8. The quantitative estimate of drug-likeness (QED) is 0.0285. The molecule has 2 N–H and O–H groups in total. The van der Waals surface area contributed by atoms with Gasteiger partial charge in [0.25, 0.3) is 7.82 Å². The van der Waals surface area contributed by atoms with Crippen molar-refractivity contribution in [2.24, 2.45) is 0 Å². The van der Waals surface area contributed by atoms with Crippen molar-refractivity contribution in [3.05, 3.63) is 24.3 Å². The first-order valence-corrected chi connectivity index (χ1v) is 22.2. The Morgan fingerprint density at radius 2 is 1.12 bits per heavy atom. The predicted octanol–water partition coefficient (Wildman–Crippen LogP) is 10.3. The van der Waals surface area contributed by atoms with Crippen LogP contribution in [0, 0.1) is 0 Å². The number of aliphatic hydroxyl groups excluding tert-OH is 1. The van der Waals surface area contributed by atoms with Gasteiger partial charge in [0.1, 0.15) is 13.2 Å². The summed E-state index contributed by atoms with van der Waals surface area (Å²) in [4.78, 5) is 25.2. The SMILES string of the molecule is CCCCCC/C=C/CC/C=C/[C@@H](O)[C@H](COP(=O)([O-])OCC[N+](C)(C)C)NC(=O)CCCCCCCCCCCCCCCCCCCC. The van der Waals surface area contributed by atoms with Crippen molar-refractivity contribution in [1.29, 1.82) is 0 Å². The molecule has 1 amide bonds. The molecule has 0 spiro atoms. The molecule has 0 aromatic rings. The van der Waals surface area contributed by atoms with Crippen LogP contribution in [0.25, 0.3) is 0 Å². The minimum atomic E-state index is -4.58. The fourth-order valence-corrected chi connectivity index (χ4v) is 6.54. The lowest BCUT2D eigenvalue weighted by atomic mass is 10.0. The van der Waals surface area contributed by atoms with E-state index < -0.39 is 20.0 Å². The van der Waals surface area contributed by atoms with Crippen LogP contribution in [0.5, 0.6) is 0 Å². The van der Waals surface area contributed by atoms with E-state index in [1.54, 1.807) is 6.08 Å². The van der Waals surface area contributed by atoms with Gasteiger partial charge in [-0.1, -0.05) is 167 Å². The summed E-state index contributed by atoms with van der Waals surface area (Å²) in [5.41, 5.74) is 0. The Labute approximate surface area is 309 Å². The molecule has 50 heavy (non-hydrogen) atoms. The molecule has 0 heterocycles. The van der Waals surface area contributed by atoms with Crippen molar-refractivity contribution in [2.75, 3.05) is 40.9 Å². The predicted molar refractivity (Wildman–Crippen MR) is 210 cm³/mol. The molecule has 0 aliphatic rings. The highest BCUT2D eigenvalue weighted by atomic mass is 31.2. The van der Waals surface area contributed by atoms with Crippen LogP contribution in [0.3, 0.4) is 0 Å². The number of allylic oxidation sites excluding steroid dienone is 3. The van der Waals surface area contributed by atoms with Gasteiger partial charge in [-0.2, -0.15) is 0 Å². The average Bonchev–Trinajstić information content (AvgIpc) is 3.06. The van der Waals surface area contributed by atoms with E-state index in [-0.39, 0.29) is 19.1 Å². The van der Waals surface area contributed by atoms with Crippen LogP contribution < -0.4 is 10.2 Å². The van der Waals surface area contributed by atoms with Crippen LogP contribution in [0.15, 0.2) is 24.3 Å². The first-order chi connectivity index (χ1) is 24.0. The van der Waals surface area contributed by atoms with E-state index >= 15 is 0 Å². The van der Waals surface area contributed by atoms with E-state index in [0.717, 1.165) is 38.5 Å². The number of rotatable bonds is 37. The monoisotopic (exact) mass is 729 g/mol. The van der Waals surface area contributed by atoms with Gasteiger partial charge in [-0.3, -0.25) is 9.36 Å². The number of nitrogens with zero attached hydrogens (tertiary/aromatic N) is 1. The number of quaternary nitrogens is 1. The maximum Gasteiger partial charge on any atom is 0.268 e. The van der Waals surface area contributed by atoms with Gasteiger partial charge in [0.05, 0.1) is 39.9 Å². The fraction of sp³-hybridized carbons (Fsp3) is 0.878. The van der Waals surface area contributed by atoms with Crippen LogP contribution in [0.1, 0.15) is 181 Å². The van der Waals surface area contributed by atoms with Gasteiger partial charge in [0, 0.05) is 6.42 Å². The molecule has 0 aliphatic heterocycles. The number of hydrogen-bond acceptors (Lipinski definition) is 6. The molecular formula is C41H81N2O6P. The summed E-state index contributed by atoms with van der Waals surface area (Å²) in [6.45, 7) is 4.58. The Bertz CT molecular complexity index is 876. The molecule has 0 saturated heterocycles. The molecule has 0 fully saturated rings. The van der Waals surface area contributed by atoms with Crippen molar-refractivity contribution < 1.29 is 32.9 Å². The van der Waals surface area contributed by atoms with Crippen molar-refractivity contribution in [3.8, 4) is 0 Å². The third-order valence-corrected chi connectivity index (χ3v) is 10.1. The van der Waals surface area contributed by atoms with Crippen LogP contribution in [0.2, 0.25) is 0 Å². The van der Waals surface area contributed by atoms with Crippen LogP contribution in [-0.4, -0.2) is 68.5 Å². The van der Waals surface area contributed by atoms with Gasteiger partial charge in [-0.25, -0.2) is 0 Å². The zero-order valence-corrected chi connectivity index (χ0v) is 34.2. The average molecular weight is 729 g/mol. The normalized spacial score (nSPS) is 14.8. The topological polar surface area (TPSA) is 108 Å². The van der Waals surface area contributed by atoms with Crippen LogP contribution in [0.4, 0.5) is 0 Å². The summed E-state index contributed by atoms with van der Waals surface area (Å²) in [5, 5.41) is 13.7. The third-order valence-electron chi connectivity index (χ3n) is 9.16.